The van der Waals surface area contributed by atoms with Crippen LogP contribution in [0.15, 0.2) is 54.6 Å². The van der Waals surface area contributed by atoms with Crippen molar-refractivity contribution in [2.45, 2.75) is 26.4 Å². The molecule has 0 radical (unpaired) electrons. The highest BCUT2D eigenvalue weighted by Crippen LogP contribution is 2.16. The number of ether oxygens (including phenoxy) is 1. The van der Waals surface area contributed by atoms with Gasteiger partial charge in [-0.3, -0.25) is 4.79 Å². The van der Waals surface area contributed by atoms with Crippen LogP contribution in [0.5, 0.6) is 0 Å². The maximum absolute atomic E-state index is 12.1. The molecule has 20 heavy (non-hydrogen) atoms. The van der Waals surface area contributed by atoms with Crippen molar-refractivity contribution < 1.29 is 9.53 Å². The summed E-state index contributed by atoms with van der Waals surface area (Å²) in [6.07, 6.45) is 0. The number of hydrogen-bond acceptors (Lipinski definition) is 2. The van der Waals surface area contributed by atoms with Crippen molar-refractivity contribution in [3.05, 3.63) is 71.3 Å². The summed E-state index contributed by atoms with van der Waals surface area (Å²) >= 11 is 0. The molecular weight excluding hydrogens is 248 g/mol. The van der Waals surface area contributed by atoms with Crippen molar-refractivity contribution in [2.75, 3.05) is 6.61 Å². The van der Waals surface area contributed by atoms with E-state index in [2.05, 4.69) is 13.8 Å². The number of rotatable bonds is 6. The minimum absolute atomic E-state index is 0.0310. The van der Waals surface area contributed by atoms with Crippen LogP contribution in [0.25, 0.3) is 0 Å². The van der Waals surface area contributed by atoms with E-state index in [0.29, 0.717) is 12.5 Å². The number of Topliss-reactive ketones (excluding diaryl/α,β-unsaturated/α-hetero) is 1. The van der Waals surface area contributed by atoms with Crippen LogP contribution in [-0.2, 0) is 11.3 Å². The molecular formula is C18H20O2. The Morgan fingerprint density at radius 3 is 2.50 bits per heavy atom. The first-order valence-electron chi connectivity index (χ1n) is 6.91. The molecule has 104 valence electrons. The third-order valence-electron chi connectivity index (χ3n) is 3.22. The summed E-state index contributed by atoms with van der Waals surface area (Å²) in [5.41, 5.74) is 2.99. The Morgan fingerprint density at radius 1 is 1.05 bits per heavy atom. The molecule has 0 aromatic heterocycles. The molecule has 0 aliphatic heterocycles. The Morgan fingerprint density at radius 2 is 1.80 bits per heavy atom. The van der Waals surface area contributed by atoms with E-state index in [0.717, 1.165) is 11.1 Å². The summed E-state index contributed by atoms with van der Waals surface area (Å²) in [6.45, 7) is 4.83. The lowest BCUT2D eigenvalue weighted by molar-refractivity contribution is 0.0726. The largest absolute Gasteiger partial charge is 0.369 e. The molecule has 0 N–H and O–H groups in total. The fourth-order valence-electron chi connectivity index (χ4n) is 1.99. The molecule has 0 fully saturated rings. The second-order valence-corrected chi connectivity index (χ2v) is 5.18. The molecule has 2 heteroatoms. The standard InChI is InChI=1S/C18H20O2/c1-14(2)16-9-6-10-17(11-16)18(19)13-20-12-15-7-4-3-5-8-15/h3-11,14H,12-13H2,1-2H3. The number of carbonyl (C=O) groups excluding carboxylic acids is 1. The minimum Gasteiger partial charge on any atom is -0.369 e. The van der Waals surface area contributed by atoms with Crippen molar-refractivity contribution in [3.63, 3.8) is 0 Å². The normalized spacial score (nSPS) is 10.8. The van der Waals surface area contributed by atoms with Gasteiger partial charge in [0.25, 0.3) is 0 Å². The molecule has 0 spiro atoms. The second kappa shape index (κ2) is 7.01. The van der Waals surface area contributed by atoms with E-state index in [1.54, 1.807) is 0 Å². The van der Waals surface area contributed by atoms with E-state index in [1.165, 1.54) is 5.56 Å². The zero-order chi connectivity index (χ0) is 14.4. The highest BCUT2D eigenvalue weighted by atomic mass is 16.5. The number of hydrogen-bond donors (Lipinski definition) is 0. The number of benzene rings is 2. The van der Waals surface area contributed by atoms with Crippen molar-refractivity contribution in [1.82, 2.24) is 0 Å². The van der Waals surface area contributed by atoms with E-state index in [-0.39, 0.29) is 12.4 Å². The van der Waals surface area contributed by atoms with Crippen molar-refractivity contribution in [3.8, 4) is 0 Å². The van der Waals surface area contributed by atoms with Crippen LogP contribution in [0.3, 0.4) is 0 Å². The third-order valence-corrected chi connectivity index (χ3v) is 3.22. The molecule has 2 aromatic carbocycles. The first kappa shape index (κ1) is 14.5. The van der Waals surface area contributed by atoms with Gasteiger partial charge in [0.1, 0.15) is 6.61 Å². The van der Waals surface area contributed by atoms with Crippen LogP contribution in [0, 0.1) is 0 Å². The average Bonchev–Trinajstić information content (AvgIpc) is 2.48. The van der Waals surface area contributed by atoms with Crippen LogP contribution in [-0.4, -0.2) is 12.4 Å². The first-order chi connectivity index (χ1) is 9.66. The summed E-state index contributed by atoms with van der Waals surface area (Å²) in [6, 6.07) is 17.7. The lowest BCUT2D eigenvalue weighted by atomic mass is 9.99. The number of ketones is 1. The van der Waals surface area contributed by atoms with Crippen LogP contribution in [0.2, 0.25) is 0 Å². The SMILES string of the molecule is CC(C)c1cccc(C(=O)COCc2ccccc2)c1. The Balaban J connectivity index is 1.90. The summed E-state index contributed by atoms with van der Waals surface area (Å²) in [5, 5.41) is 0. The summed E-state index contributed by atoms with van der Waals surface area (Å²) in [5.74, 6) is 0.455. The lowest BCUT2D eigenvalue weighted by Gasteiger charge is -2.08. The molecule has 0 heterocycles. The Kier molecular flexibility index (Phi) is 5.08. The molecule has 2 nitrogen and oxygen atoms in total. The van der Waals surface area contributed by atoms with Crippen molar-refractivity contribution in [1.29, 1.82) is 0 Å². The second-order valence-electron chi connectivity index (χ2n) is 5.18. The highest BCUT2D eigenvalue weighted by Gasteiger charge is 2.08. The maximum Gasteiger partial charge on any atom is 0.188 e. The van der Waals surface area contributed by atoms with Crippen molar-refractivity contribution in [2.24, 2.45) is 0 Å². The molecule has 0 saturated heterocycles. The van der Waals surface area contributed by atoms with Crippen LogP contribution in [0.1, 0.15) is 41.3 Å². The average molecular weight is 268 g/mol. The van der Waals surface area contributed by atoms with Gasteiger partial charge >= 0.3 is 0 Å². The van der Waals surface area contributed by atoms with Gasteiger partial charge in [0.2, 0.25) is 0 Å². The molecule has 0 aliphatic rings. The first-order valence-corrected chi connectivity index (χ1v) is 6.91. The van der Waals surface area contributed by atoms with Gasteiger partial charge in [0.15, 0.2) is 5.78 Å². The van der Waals surface area contributed by atoms with Gasteiger partial charge in [-0.25, -0.2) is 0 Å². The zero-order valence-corrected chi connectivity index (χ0v) is 12.0. The van der Waals surface area contributed by atoms with Gasteiger partial charge in [-0.05, 0) is 23.1 Å². The van der Waals surface area contributed by atoms with Crippen LogP contribution >= 0.6 is 0 Å². The zero-order valence-electron chi connectivity index (χ0n) is 12.0. The topological polar surface area (TPSA) is 26.3 Å². The van der Waals surface area contributed by atoms with Gasteiger partial charge in [-0.1, -0.05) is 62.4 Å². The molecule has 0 amide bonds. The Bertz CT molecular complexity index is 559. The smallest absolute Gasteiger partial charge is 0.188 e. The van der Waals surface area contributed by atoms with E-state index in [4.69, 9.17) is 4.74 Å². The molecule has 0 unspecified atom stereocenters. The van der Waals surface area contributed by atoms with Gasteiger partial charge in [-0.15, -0.1) is 0 Å². The molecule has 0 bridgehead atoms. The summed E-state index contributed by atoms with van der Waals surface area (Å²) in [7, 11) is 0. The van der Waals surface area contributed by atoms with Gasteiger partial charge < -0.3 is 4.74 Å². The highest BCUT2D eigenvalue weighted by molar-refractivity contribution is 5.97. The molecule has 2 rings (SSSR count). The predicted molar refractivity (Wildman–Crippen MR) is 81.0 cm³/mol. The molecule has 0 atom stereocenters. The number of carbonyl (C=O) groups is 1. The van der Waals surface area contributed by atoms with Gasteiger partial charge in [0.05, 0.1) is 6.61 Å². The predicted octanol–water partition coefficient (Wildman–Crippen LogP) is 4.21. The summed E-state index contributed by atoms with van der Waals surface area (Å²) in [4.78, 5) is 12.1. The Hall–Kier alpha value is -1.93. The van der Waals surface area contributed by atoms with Gasteiger partial charge in [0, 0.05) is 5.56 Å². The quantitative estimate of drug-likeness (QED) is 0.734. The summed E-state index contributed by atoms with van der Waals surface area (Å²) < 4.78 is 5.49. The fourth-order valence-corrected chi connectivity index (χ4v) is 1.99. The molecule has 2 aromatic rings. The van der Waals surface area contributed by atoms with Gasteiger partial charge in [-0.2, -0.15) is 0 Å². The molecule has 0 aliphatic carbocycles. The van der Waals surface area contributed by atoms with E-state index < -0.39 is 0 Å². The lowest BCUT2D eigenvalue weighted by Crippen LogP contribution is -2.09. The van der Waals surface area contributed by atoms with E-state index >= 15 is 0 Å². The fraction of sp³-hybridized carbons (Fsp3) is 0.278. The van der Waals surface area contributed by atoms with Crippen LogP contribution < -0.4 is 0 Å². The minimum atomic E-state index is 0.0310. The Labute approximate surface area is 120 Å². The maximum atomic E-state index is 12.1. The monoisotopic (exact) mass is 268 g/mol. The van der Waals surface area contributed by atoms with Crippen molar-refractivity contribution >= 4 is 5.78 Å². The van der Waals surface area contributed by atoms with Crippen LogP contribution in [0.4, 0.5) is 0 Å². The molecule has 0 saturated carbocycles. The van der Waals surface area contributed by atoms with E-state index in [9.17, 15) is 4.79 Å². The third kappa shape index (κ3) is 4.04. The van der Waals surface area contributed by atoms with E-state index in [1.807, 2.05) is 54.6 Å².